The van der Waals surface area contributed by atoms with Crippen molar-refractivity contribution in [3.05, 3.63) is 30.7 Å². The summed E-state index contributed by atoms with van der Waals surface area (Å²) < 4.78 is 16.5. The third-order valence-corrected chi connectivity index (χ3v) is 2.80. The van der Waals surface area contributed by atoms with Crippen LogP contribution in [0.3, 0.4) is 0 Å². The molecule has 92 valence electrons. The van der Waals surface area contributed by atoms with Gasteiger partial charge in [-0.15, -0.1) is 10.2 Å². The molecule has 0 spiro atoms. The second-order valence-corrected chi connectivity index (χ2v) is 4.89. The molecule has 2 aromatic rings. The van der Waals surface area contributed by atoms with E-state index in [1.165, 1.54) is 6.39 Å². The van der Waals surface area contributed by atoms with E-state index in [0.717, 1.165) is 11.0 Å². The molecule has 0 atom stereocenters. The molecule has 1 aromatic carbocycles. The molecule has 1 aliphatic heterocycles. The second kappa shape index (κ2) is 4.22. The lowest BCUT2D eigenvalue weighted by Gasteiger charge is -2.15. The molecule has 1 aliphatic rings. The summed E-state index contributed by atoms with van der Waals surface area (Å²) in [4.78, 5) is 0. The normalized spacial score (nSPS) is 18.2. The summed E-state index contributed by atoms with van der Waals surface area (Å²) in [6.07, 6.45) is 1.31. The number of nitrogens with zero attached hydrogens (tertiary/aromatic N) is 2. The van der Waals surface area contributed by atoms with Gasteiger partial charge in [0.2, 0.25) is 12.3 Å². The second-order valence-electron chi connectivity index (χ2n) is 4.89. The summed E-state index contributed by atoms with van der Waals surface area (Å²) in [5.74, 6) is 0.509. The minimum absolute atomic E-state index is 0.226. The molecule has 2 heterocycles. The number of aromatic nitrogens is 2. The molecule has 0 saturated carbocycles. The van der Waals surface area contributed by atoms with E-state index in [1.54, 1.807) is 0 Å². The fourth-order valence-corrected chi connectivity index (χ4v) is 1.88. The number of hydrogen-bond acceptors (Lipinski definition) is 5. The van der Waals surface area contributed by atoms with Crippen molar-refractivity contribution >= 4 is 12.6 Å². The van der Waals surface area contributed by atoms with Crippen LogP contribution in [0.15, 0.2) is 35.1 Å². The Morgan fingerprint density at radius 1 is 1.22 bits per heavy atom. The number of hydrogen-bond donors (Lipinski definition) is 0. The zero-order valence-electron chi connectivity index (χ0n) is 10.3. The molecular formula is C12H13BN2O3. The van der Waals surface area contributed by atoms with Gasteiger partial charge in [0.15, 0.2) is 0 Å². The van der Waals surface area contributed by atoms with E-state index < -0.39 is 0 Å². The Hall–Kier alpha value is -1.66. The van der Waals surface area contributed by atoms with Gasteiger partial charge in [0.1, 0.15) is 0 Å². The largest absolute Gasteiger partial charge is 0.494 e. The molecule has 0 bridgehead atoms. The Morgan fingerprint density at radius 3 is 2.56 bits per heavy atom. The SMILES string of the molecule is CC1(C)COB(c2ccc(-c3nnco3)cc2)O1. The van der Waals surface area contributed by atoms with Crippen LogP contribution in [0.25, 0.3) is 11.5 Å². The molecule has 5 nitrogen and oxygen atoms in total. The lowest BCUT2D eigenvalue weighted by atomic mass is 9.79. The van der Waals surface area contributed by atoms with E-state index in [0.29, 0.717) is 12.5 Å². The van der Waals surface area contributed by atoms with Crippen LogP contribution in [0.4, 0.5) is 0 Å². The zero-order chi connectivity index (χ0) is 12.6. The minimum atomic E-state index is -0.295. The fraction of sp³-hybridized carbons (Fsp3) is 0.333. The molecule has 0 N–H and O–H groups in total. The third kappa shape index (κ3) is 2.17. The highest BCUT2D eigenvalue weighted by Gasteiger charge is 2.37. The van der Waals surface area contributed by atoms with E-state index in [2.05, 4.69) is 10.2 Å². The Morgan fingerprint density at radius 2 is 2.00 bits per heavy atom. The maximum Gasteiger partial charge on any atom is 0.494 e. The van der Waals surface area contributed by atoms with Gasteiger partial charge in [-0.3, -0.25) is 0 Å². The molecule has 1 saturated heterocycles. The molecular weight excluding hydrogens is 231 g/mol. The summed E-state index contributed by atoms with van der Waals surface area (Å²) in [7, 11) is -0.295. The van der Waals surface area contributed by atoms with Crippen LogP contribution in [0.2, 0.25) is 0 Å². The maximum atomic E-state index is 5.79. The monoisotopic (exact) mass is 244 g/mol. The average molecular weight is 244 g/mol. The van der Waals surface area contributed by atoms with Gasteiger partial charge in [0.25, 0.3) is 0 Å². The van der Waals surface area contributed by atoms with Gasteiger partial charge in [-0.2, -0.15) is 0 Å². The van der Waals surface area contributed by atoms with Gasteiger partial charge in [0, 0.05) is 5.56 Å². The predicted molar refractivity (Wildman–Crippen MR) is 66.2 cm³/mol. The maximum absolute atomic E-state index is 5.79. The van der Waals surface area contributed by atoms with Crippen LogP contribution in [-0.2, 0) is 9.31 Å². The van der Waals surface area contributed by atoms with Gasteiger partial charge >= 0.3 is 7.12 Å². The number of rotatable bonds is 2. The van der Waals surface area contributed by atoms with Crippen molar-refractivity contribution in [1.29, 1.82) is 0 Å². The molecule has 1 aromatic heterocycles. The van der Waals surface area contributed by atoms with Gasteiger partial charge in [0.05, 0.1) is 12.2 Å². The zero-order valence-corrected chi connectivity index (χ0v) is 10.3. The van der Waals surface area contributed by atoms with Crippen LogP contribution in [0, 0.1) is 0 Å². The Kier molecular flexibility index (Phi) is 2.68. The lowest BCUT2D eigenvalue weighted by molar-refractivity contribution is 0.137. The van der Waals surface area contributed by atoms with Gasteiger partial charge in [-0.1, -0.05) is 12.1 Å². The first-order chi connectivity index (χ1) is 8.64. The first-order valence-electron chi connectivity index (χ1n) is 5.80. The van der Waals surface area contributed by atoms with Crippen molar-refractivity contribution in [2.24, 2.45) is 0 Å². The Labute approximate surface area is 105 Å². The van der Waals surface area contributed by atoms with Crippen LogP contribution in [0.1, 0.15) is 13.8 Å². The van der Waals surface area contributed by atoms with Crippen molar-refractivity contribution in [3.8, 4) is 11.5 Å². The Bertz CT molecular complexity index is 525. The molecule has 0 radical (unpaired) electrons. The van der Waals surface area contributed by atoms with Crippen LogP contribution in [0.5, 0.6) is 0 Å². The summed E-state index contributed by atoms with van der Waals surface area (Å²) in [6.45, 7) is 4.63. The van der Waals surface area contributed by atoms with Crippen molar-refractivity contribution in [2.75, 3.05) is 6.61 Å². The van der Waals surface area contributed by atoms with Gasteiger partial charge in [-0.05, 0) is 31.4 Å². The predicted octanol–water partition coefficient (Wildman–Crippen LogP) is 1.26. The topological polar surface area (TPSA) is 57.4 Å². The molecule has 3 rings (SSSR count). The van der Waals surface area contributed by atoms with Crippen molar-refractivity contribution in [3.63, 3.8) is 0 Å². The van der Waals surface area contributed by atoms with E-state index in [9.17, 15) is 0 Å². The molecule has 0 unspecified atom stereocenters. The molecule has 0 aliphatic carbocycles. The van der Waals surface area contributed by atoms with E-state index >= 15 is 0 Å². The molecule has 18 heavy (non-hydrogen) atoms. The molecule has 6 heteroatoms. The highest BCUT2D eigenvalue weighted by molar-refractivity contribution is 6.61. The average Bonchev–Trinajstić information content (AvgIpc) is 2.98. The van der Waals surface area contributed by atoms with E-state index in [-0.39, 0.29) is 12.7 Å². The first kappa shape index (κ1) is 11.4. The standard InChI is InChI=1S/C12H13BN2O3/c1-12(2)7-17-13(18-12)10-5-3-9(4-6-10)11-15-14-8-16-11/h3-6,8H,7H2,1-2H3. The minimum Gasteiger partial charge on any atom is -0.423 e. The summed E-state index contributed by atoms with van der Waals surface area (Å²) in [5, 5.41) is 7.51. The fourth-order valence-electron chi connectivity index (χ4n) is 1.88. The van der Waals surface area contributed by atoms with Gasteiger partial charge in [-0.25, -0.2) is 0 Å². The highest BCUT2D eigenvalue weighted by Crippen LogP contribution is 2.20. The molecule has 1 fully saturated rings. The van der Waals surface area contributed by atoms with Gasteiger partial charge < -0.3 is 13.7 Å². The van der Waals surface area contributed by atoms with E-state index in [1.807, 2.05) is 38.1 Å². The van der Waals surface area contributed by atoms with Crippen LogP contribution < -0.4 is 5.46 Å². The summed E-state index contributed by atoms with van der Waals surface area (Å²) >= 11 is 0. The van der Waals surface area contributed by atoms with Crippen molar-refractivity contribution in [1.82, 2.24) is 10.2 Å². The van der Waals surface area contributed by atoms with Crippen LogP contribution in [-0.4, -0.2) is 29.5 Å². The van der Waals surface area contributed by atoms with E-state index in [4.69, 9.17) is 13.7 Å². The highest BCUT2D eigenvalue weighted by atomic mass is 16.7. The third-order valence-electron chi connectivity index (χ3n) is 2.80. The first-order valence-corrected chi connectivity index (χ1v) is 5.80. The van der Waals surface area contributed by atoms with Crippen molar-refractivity contribution < 1.29 is 13.7 Å². The summed E-state index contributed by atoms with van der Waals surface area (Å²) in [6, 6.07) is 7.74. The lowest BCUT2D eigenvalue weighted by Crippen LogP contribution is -2.34. The van der Waals surface area contributed by atoms with Crippen LogP contribution >= 0.6 is 0 Å². The smallest absolute Gasteiger partial charge is 0.423 e. The summed E-state index contributed by atoms with van der Waals surface area (Å²) in [5.41, 5.74) is 1.65. The number of benzene rings is 1. The quantitative estimate of drug-likeness (QED) is 0.744. The Balaban J connectivity index is 1.80. The van der Waals surface area contributed by atoms with Crippen molar-refractivity contribution in [2.45, 2.75) is 19.4 Å². The molecule has 0 amide bonds.